The third-order valence-electron chi connectivity index (χ3n) is 3.80. The Bertz CT molecular complexity index is 907. The molecule has 1 amide bonds. The van der Waals surface area contributed by atoms with Crippen LogP contribution < -0.4 is 10.1 Å². The third kappa shape index (κ3) is 3.91. The summed E-state index contributed by atoms with van der Waals surface area (Å²) in [4.78, 5) is 16.5. The summed E-state index contributed by atoms with van der Waals surface area (Å²) in [6, 6.07) is 9.03. The Kier molecular flexibility index (Phi) is 5.19. The lowest BCUT2D eigenvalue weighted by molar-refractivity contribution is -0.116. The maximum absolute atomic E-state index is 12.0. The molecule has 3 aromatic rings. The molecule has 130 valence electrons. The molecular weight excluding hydrogens is 340 g/mol. The predicted octanol–water partition coefficient (Wildman–Crippen LogP) is 4.19. The molecule has 0 fully saturated rings. The number of amides is 1. The van der Waals surface area contributed by atoms with Crippen LogP contribution in [0.15, 0.2) is 36.5 Å². The number of unbranched alkanes of at least 4 members (excludes halogenated alkanes) is 1. The average molecular weight is 359 g/mol. The number of nitrogens with zero attached hydrogens (tertiary/aromatic N) is 3. The van der Waals surface area contributed by atoms with Gasteiger partial charge in [0.2, 0.25) is 11.8 Å². The number of rotatable bonds is 6. The van der Waals surface area contributed by atoms with Crippen LogP contribution in [0.2, 0.25) is 5.02 Å². The summed E-state index contributed by atoms with van der Waals surface area (Å²) in [5, 5.41) is 7.66. The molecule has 0 spiro atoms. The smallest absolute Gasteiger partial charge is 0.231 e. The number of carbonyl (C=O) groups excluding carboxylic acids is 1. The van der Waals surface area contributed by atoms with E-state index in [4.69, 9.17) is 16.3 Å². The topological polar surface area (TPSA) is 68.5 Å². The van der Waals surface area contributed by atoms with E-state index < -0.39 is 0 Å². The molecular formula is C18H19ClN4O2. The molecule has 0 aliphatic heterocycles. The molecule has 0 aliphatic rings. The molecule has 25 heavy (non-hydrogen) atoms. The number of methoxy groups -OCH3 is 1. The number of hydrogen-bond acceptors (Lipinski definition) is 4. The SMILES string of the molecule is CCCCC(=O)Nc1cc(-c2cn3nc(OC)ccc3n2)ccc1Cl. The summed E-state index contributed by atoms with van der Waals surface area (Å²) in [7, 11) is 1.57. The van der Waals surface area contributed by atoms with Gasteiger partial charge in [-0.2, -0.15) is 0 Å². The Hall–Kier alpha value is -2.60. The molecule has 0 radical (unpaired) electrons. The van der Waals surface area contributed by atoms with Gasteiger partial charge in [0.25, 0.3) is 0 Å². The maximum Gasteiger partial charge on any atom is 0.231 e. The first kappa shape index (κ1) is 17.2. The van der Waals surface area contributed by atoms with Crippen LogP contribution in [-0.2, 0) is 4.79 Å². The van der Waals surface area contributed by atoms with E-state index in [-0.39, 0.29) is 5.91 Å². The molecule has 2 heterocycles. The van der Waals surface area contributed by atoms with E-state index in [9.17, 15) is 4.79 Å². The van der Waals surface area contributed by atoms with Gasteiger partial charge in [0.1, 0.15) is 0 Å². The average Bonchev–Trinajstić information content (AvgIpc) is 3.04. The van der Waals surface area contributed by atoms with Gasteiger partial charge in [-0.1, -0.05) is 31.0 Å². The van der Waals surface area contributed by atoms with Crippen LogP contribution in [-0.4, -0.2) is 27.6 Å². The maximum atomic E-state index is 12.0. The highest BCUT2D eigenvalue weighted by atomic mass is 35.5. The van der Waals surface area contributed by atoms with Gasteiger partial charge < -0.3 is 10.1 Å². The van der Waals surface area contributed by atoms with Crippen molar-refractivity contribution < 1.29 is 9.53 Å². The van der Waals surface area contributed by atoms with Crippen LogP contribution in [0.1, 0.15) is 26.2 Å². The van der Waals surface area contributed by atoms with Crippen LogP contribution in [0.3, 0.4) is 0 Å². The normalized spacial score (nSPS) is 10.8. The van der Waals surface area contributed by atoms with E-state index >= 15 is 0 Å². The minimum Gasteiger partial charge on any atom is -0.480 e. The van der Waals surface area contributed by atoms with Crippen LogP contribution >= 0.6 is 11.6 Å². The molecule has 0 atom stereocenters. The Morgan fingerprint density at radius 3 is 2.92 bits per heavy atom. The Balaban J connectivity index is 1.89. The fraction of sp³-hybridized carbons (Fsp3) is 0.278. The van der Waals surface area contributed by atoms with Gasteiger partial charge >= 0.3 is 0 Å². The first-order valence-electron chi connectivity index (χ1n) is 8.11. The summed E-state index contributed by atoms with van der Waals surface area (Å²) < 4.78 is 6.78. The number of fused-ring (bicyclic) bond motifs is 1. The number of halogens is 1. The fourth-order valence-corrected chi connectivity index (χ4v) is 2.61. The Morgan fingerprint density at radius 2 is 2.16 bits per heavy atom. The highest BCUT2D eigenvalue weighted by Crippen LogP contribution is 2.29. The zero-order chi connectivity index (χ0) is 17.8. The van der Waals surface area contributed by atoms with Gasteiger partial charge in [0, 0.05) is 18.1 Å². The minimum atomic E-state index is -0.0395. The second-order valence-corrected chi connectivity index (χ2v) is 6.06. The van der Waals surface area contributed by atoms with Gasteiger partial charge in [0.15, 0.2) is 5.65 Å². The Morgan fingerprint density at radius 1 is 1.32 bits per heavy atom. The summed E-state index contributed by atoms with van der Waals surface area (Å²) >= 11 is 6.21. The molecule has 1 aromatic carbocycles. The molecule has 0 aliphatic carbocycles. The first-order valence-corrected chi connectivity index (χ1v) is 8.48. The van der Waals surface area contributed by atoms with Crippen molar-refractivity contribution >= 4 is 28.8 Å². The number of aromatic nitrogens is 3. The highest BCUT2D eigenvalue weighted by molar-refractivity contribution is 6.33. The summed E-state index contributed by atoms with van der Waals surface area (Å²) in [5.41, 5.74) is 2.88. The minimum absolute atomic E-state index is 0.0395. The fourth-order valence-electron chi connectivity index (χ4n) is 2.44. The number of nitrogens with one attached hydrogen (secondary N) is 1. The summed E-state index contributed by atoms with van der Waals surface area (Å²) in [5.74, 6) is 0.471. The van der Waals surface area contributed by atoms with Gasteiger partial charge in [-0.3, -0.25) is 4.79 Å². The van der Waals surface area contributed by atoms with Gasteiger partial charge in [0.05, 0.1) is 29.7 Å². The number of anilines is 1. The van der Waals surface area contributed by atoms with Crippen LogP contribution in [0, 0.1) is 0 Å². The van der Waals surface area contributed by atoms with Crippen molar-refractivity contribution in [2.75, 3.05) is 12.4 Å². The van der Waals surface area contributed by atoms with E-state index in [0.29, 0.717) is 28.7 Å². The lowest BCUT2D eigenvalue weighted by Gasteiger charge is -2.08. The molecule has 6 nitrogen and oxygen atoms in total. The van der Waals surface area contributed by atoms with Crippen LogP contribution in [0.5, 0.6) is 5.88 Å². The number of imidazole rings is 1. The summed E-state index contributed by atoms with van der Waals surface area (Å²) in [6.45, 7) is 2.05. The van der Waals surface area contributed by atoms with E-state index in [1.807, 2.05) is 31.3 Å². The van der Waals surface area contributed by atoms with Gasteiger partial charge in [-0.15, -0.1) is 5.10 Å². The van der Waals surface area contributed by atoms with E-state index in [1.54, 1.807) is 23.8 Å². The van der Waals surface area contributed by atoms with Gasteiger partial charge in [-0.25, -0.2) is 9.50 Å². The molecule has 3 rings (SSSR count). The van der Waals surface area contributed by atoms with Crippen molar-refractivity contribution in [3.8, 4) is 17.1 Å². The van der Waals surface area contributed by atoms with Crippen molar-refractivity contribution in [1.82, 2.24) is 14.6 Å². The third-order valence-corrected chi connectivity index (χ3v) is 4.13. The molecule has 7 heteroatoms. The quantitative estimate of drug-likeness (QED) is 0.717. The number of hydrogen-bond donors (Lipinski definition) is 1. The highest BCUT2D eigenvalue weighted by Gasteiger charge is 2.11. The second kappa shape index (κ2) is 7.53. The first-order chi connectivity index (χ1) is 12.1. The molecule has 0 saturated heterocycles. The van der Waals surface area contributed by atoms with Gasteiger partial charge in [-0.05, 0) is 24.6 Å². The molecule has 2 aromatic heterocycles. The van der Waals surface area contributed by atoms with Crippen LogP contribution in [0.25, 0.3) is 16.9 Å². The molecule has 0 unspecified atom stereocenters. The zero-order valence-corrected chi connectivity index (χ0v) is 14.9. The van der Waals surface area contributed by atoms with E-state index in [2.05, 4.69) is 15.4 Å². The second-order valence-electron chi connectivity index (χ2n) is 5.65. The summed E-state index contributed by atoms with van der Waals surface area (Å²) in [6.07, 6.45) is 4.11. The van der Waals surface area contributed by atoms with E-state index in [0.717, 1.165) is 24.1 Å². The lowest BCUT2D eigenvalue weighted by Crippen LogP contribution is -2.11. The number of ether oxygens (including phenoxy) is 1. The molecule has 0 saturated carbocycles. The largest absolute Gasteiger partial charge is 0.480 e. The Labute approximate surface area is 150 Å². The standard InChI is InChI=1S/C18H19ClN4O2/c1-3-4-5-17(24)21-14-10-12(6-7-13(14)19)15-11-23-16(20-15)8-9-18(22-23)25-2/h6-11H,3-5H2,1-2H3,(H,21,24). The van der Waals surface area contributed by atoms with Crippen LogP contribution in [0.4, 0.5) is 5.69 Å². The van der Waals surface area contributed by atoms with Crippen molar-refractivity contribution in [3.05, 3.63) is 41.6 Å². The van der Waals surface area contributed by atoms with Crippen molar-refractivity contribution in [3.63, 3.8) is 0 Å². The predicted molar refractivity (Wildman–Crippen MR) is 98.1 cm³/mol. The number of carbonyl (C=O) groups is 1. The van der Waals surface area contributed by atoms with Crippen molar-refractivity contribution in [2.45, 2.75) is 26.2 Å². The van der Waals surface area contributed by atoms with E-state index in [1.165, 1.54) is 0 Å². The number of benzene rings is 1. The molecule has 1 N–H and O–H groups in total. The van der Waals surface area contributed by atoms with Crippen molar-refractivity contribution in [1.29, 1.82) is 0 Å². The van der Waals surface area contributed by atoms with Crippen molar-refractivity contribution in [2.24, 2.45) is 0 Å². The zero-order valence-electron chi connectivity index (χ0n) is 14.1. The molecule has 0 bridgehead atoms. The monoisotopic (exact) mass is 358 g/mol. The lowest BCUT2D eigenvalue weighted by atomic mass is 10.1.